The second-order valence-corrected chi connectivity index (χ2v) is 5.76. The molecule has 140 valence electrons. The van der Waals surface area contributed by atoms with E-state index in [1.807, 2.05) is 0 Å². The Bertz CT molecular complexity index is 910. The van der Waals surface area contributed by atoms with E-state index in [0.717, 1.165) is 19.1 Å². The number of nitrogens with zero attached hydrogens (tertiary/aromatic N) is 2. The predicted octanol–water partition coefficient (Wildman–Crippen LogP) is 4.06. The third kappa shape index (κ3) is 4.04. The van der Waals surface area contributed by atoms with Crippen LogP contribution >= 0.6 is 11.6 Å². The van der Waals surface area contributed by atoms with Gasteiger partial charge in [-0.1, -0.05) is 18.5 Å². The normalized spacial score (nSPS) is 11.5. The molecule has 0 saturated carbocycles. The fourth-order valence-electron chi connectivity index (χ4n) is 2.13. The molecule has 0 radical (unpaired) electrons. The fourth-order valence-corrected chi connectivity index (χ4v) is 2.32. The Morgan fingerprint density at radius 1 is 1.35 bits per heavy atom. The average Bonchev–Trinajstić information content (AvgIpc) is 2.52. The first-order chi connectivity index (χ1) is 12.1. The van der Waals surface area contributed by atoms with E-state index in [0.29, 0.717) is 17.3 Å². The van der Waals surface area contributed by atoms with Gasteiger partial charge in [-0.25, -0.2) is 4.39 Å². The smallest absolute Gasteiger partial charge is 0.418 e. The largest absolute Gasteiger partial charge is 0.425 e. The first kappa shape index (κ1) is 19.9. The molecule has 0 aliphatic heterocycles. The van der Waals surface area contributed by atoms with Gasteiger partial charge in [0.2, 0.25) is 0 Å². The number of esters is 1. The molecule has 26 heavy (non-hydrogen) atoms. The number of ether oxygens (including phenoxy) is 1. The lowest BCUT2D eigenvalue weighted by Gasteiger charge is -2.13. The summed E-state index contributed by atoms with van der Waals surface area (Å²) in [4.78, 5) is 23.8. The highest BCUT2D eigenvalue weighted by atomic mass is 35.5. The highest BCUT2D eigenvalue weighted by Crippen LogP contribution is 2.31. The number of aromatic nitrogens is 2. The van der Waals surface area contributed by atoms with Crippen LogP contribution in [0.25, 0.3) is 5.69 Å². The Morgan fingerprint density at radius 2 is 2.00 bits per heavy atom. The number of halogens is 5. The zero-order valence-corrected chi connectivity index (χ0v) is 14.4. The van der Waals surface area contributed by atoms with Crippen LogP contribution in [-0.4, -0.2) is 15.7 Å². The molecule has 0 atom stereocenters. The zero-order valence-electron chi connectivity index (χ0n) is 13.7. The van der Waals surface area contributed by atoms with Crippen molar-refractivity contribution in [1.82, 2.24) is 9.78 Å². The van der Waals surface area contributed by atoms with Crippen LogP contribution in [0.5, 0.6) is 5.75 Å². The van der Waals surface area contributed by atoms with Crippen LogP contribution in [0.1, 0.15) is 30.9 Å². The lowest BCUT2D eigenvalue weighted by Crippen LogP contribution is -2.28. The summed E-state index contributed by atoms with van der Waals surface area (Å²) in [6.45, 7) is 2.70. The molecule has 0 fully saturated rings. The van der Waals surface area contributed by atoms with Crippen LogP contribution in [0.3, 0.4) is 0 Å². The van der Waals surface area contributed by atoms with Crippen LogP contribution in [0.2, 0.25) is 5.02 Å². The Labute approximate surface area is 150 Å². The van der Waals surface area contributed by atoms with Crippen LogP contribution in [0.4, 0.5) is 17.6 Å². The van der Waals surface area contributed by atoms with Crippen molar-refractivity contribution in [3.63, 3.8) is 0 Å². The number of benzene rings is 1. The van der Waals surface area contributed by atoms with Gasteiger partial charge in [-0.05, 0) is 19.4 Å². The molecule has 0 amide bonds. The minimum absolute atomic E-state index is 0.0840. The lowest BCUT2D eigenvalue weighted by atomic mass is 10.2. The van der Waals surface area contributed by atoms with Crippen molar-refractivity contribution < 1.29 is 27.1 Å². The minimum Gasteiger partial charge on any atom is -0.425 e. The van der Waals surface area contributed by atoms with Crippen molar-refractivity contribution in [2.24, 2.45) is 0 Å². The molecule has 0 N–H and O–H groups in total. The molecule has 1 aromatic heterocycles. The van der Waals surface area contributed by atoms with Crippen molar-refractivity contribution >= 4 is 17.6 Å². The Balaban J connectivity index is 2.57. The van der Waals surface area contributed by atoms with E-state index >= 15 is 0 Å². The molecule has 2 rings (SSSR count). The van der Waals surface area contributed by atoms with E-state index in [-0.39, 0.29) is 17.2 Å². The van der Waals surface area contributed by atoms with E-state index < -0.39 is 40.3 Å². The van der Waals surface area contributed by atoms with Crippen LogP contribution < -0.4 is 10.3 Å². The molecule has 0 aliphatic rings. The second-order valence-electron chi connectivity index (χ2n) is 5.36. The van der Waals surface area contributed by atoms with E-state index in [9.17, 15) is 27.2 Å². The number of hydrogen-bond donors (Lipinski definition) is 0. The van der Waals surface area contributed by atoms with Crippen LogP contribution in [0.15, 0.2) is 23.1 Å². The number of carbonyl (C=O) groups excluding carboxylic acids is 1. The molecule has 10 heteroatoms. The standard InChI is InChI=1S/C16H13ClF4N2O3/c1-3-4-14(24)26-13-6-12(11(18)5-10(13)17)23-15(25)8(2)9(7-22-23)16(19,20)21/h5-7H,3-4H2,1-2H3. The number of alkyl halides is 3. The number of rotatable bonds is 4. The summed E-state index contributed by atoms with van der Waals surface area (Å²) >= 11 is 5.82. The van der Waals surface area contributed by atoms with Gasteiger partial charge in [0.25, 0.3) is 5.56 Å². The van der Waals surface area contributed by atoms with Crippen molar-refractivity contribution in [3.8, 4) is 11.4 Å². The van der Waals surface area contributed by atoms with Gasteiger partial charge in [-0.3, -0.25) is 9.59 Å². The number of carbonyl (C=O) groups is 1. The minimum atomic E-state index is -4.77. The fraction of sp³-hybridized carbons (Fsp3) is 0.312. The highest BCUT2D eigenvalue weighted by molar-refractivity contribution is 6.32. The summed E-state index contributed by atoms with van der Waals surface area (Å²) in [5.41, 5.74) is -3.52. The van der Waals surface area contributed by atoms with Crippen LogP contribution in [-0.2, 0) is 11.0 Å². The van der Waals surface area contributed by atoms with E-state index in [2.05, 4.69) is 5.10 Å². The van der Waals surface area contributed by atoms with Gasteiger partial charge in [0, 0.05) is 18.1 Å². The maximum Gasteiger partial charge on any atom is 0.418 e. The summed E-state index contributed by atoms with van der Waals surface area (Å²) < 4.78 is 58.2. The Morgan fingerprint density at radius 3 is 2.58 bits per heavy atom. The van der Waals surface area contributed by atoms with Crippen molar-refractivity contribution in [3.05, 3.63) is 50.7 Å². The van der Waals surface area contributed by atoms with Gasteiger partial charge in [-0.2, -0.15) is 23.0 Å². The van der Waals surface area contributed by atoms with Gasteiger partial charge >= 0.3 is 12.1 Å². The first-order valence-electron chi connectivity index (χ1n) is 7.42. The van der Waals surface area contributed by atoms with E-state index in [1.54, 1.807) is 6.92 Å². The van der Waals surface area contributed by atoms with E-state index in [1.165, 1.54) is 0 Å². The molecule has 0 bridgehead atoms. The molecule has 5 nitrogen and oxygen atoms in total. The van der Waals surface area contributed by atoms with Crippen molar-refractivity contribution in [2.45, 2.75) is 32.9 Å². The van der Waals surface area contributed by atoms with E-state index in [4.69, 9.17) is 16.3 Å². The summed E-state index contributed by atoms with van der Waals surface area (Å²) in [6, 6.07) is 1.72. The highest BCUT2D eigenvalue weighted by Gasteiger charge is 2.34. The maximum atomic E-state index is 14.2. The summed E-state index contributed by atoms with van der Waals surface area (Å²) in [7, 11) is 0. The summed E-state index contributed by atoms with van der Waals surface area (Å²) in [6.07, 6.45) is -3.76. The van der Waals surface area contributed by atoms with Crippen molar-refractivity contribution in [2.75, 3.05) is 0 Å². The molecule has 1 heterocycles. The molecule has 0 spiro atoms. The molecular formula is C16H13ClF4N2O3. The summed E-state index contributed by atoms with van der Waals surface area (Å²) in [5.74, 6) is -1.87. The van der Waals surface area contributed by atoms with Crippen molar-refractivity contribution in [1.29, 1.82) is 0 Å². The molecule has 1 aromatic carbocycles. The monoisotopic (exact) mass is 392 g/mol. The molecular weight excluding hydrogens is 380 g/mol. The SMILES string of the molecule is CCCC(=O)Oc1cc(-n2ncc(C(F)(F)F)c(C)c2=O)c(F)cc1Cl. The Kier molecular flexibility index (Phi) is 5.70. The first-order valence-corrected chi connectivity index (χ1v) is 7.80. The number of hydrogen-bond acceptors (Lipinski definition) is 4. The Hall–Kier alpha value is -2.42. The second kappa shape index (κ2) is 7.45. The quantitative estimate of drug-likeness (QED) is 0.447. The van der Waals surface area contributed by atoms with Gasteiger partial charge < -0.3 is 4.74 Å². The maximum absolute atomic E-state index is 14.2. The third-order valence-corrected chi connectivity index (χ3v) is 3.73. The molecule has 2 aromatic rings. The van der Waals surface area contributed by atoms with Gasteiger partial charge in [0.15, 0.2) is 11.6 Å². The average molecular weight is 393 g/mol. The van der Waals surface area contributed by atoms with Gasteiger partial charge in [0.05, 0.1) is 16.8 Å². The third-order valence-electron chi connectivity index (χ3n) is 3.43. The lowest BCUT2D eigenvalue weighted by molar-refractivity contribution is -0.138. The summed E-state index contributed by atoms with van der Waals surface area (Å²) in [5, 5.41) is 3.15. The predicted molar refractivity (Wildman–Crippen MR) is 85.1 cm³/mol. The molecule has 0 saturated heterocycles. The van der Waals surface area contributed by atoms with Gasteiger partial charge in [-0.15, -0.1) is 0 Å². The zero-order chi connectivity index (χ0) is 19.6. The molecule has 0 unspecified atom stereocenters. The van der Waals surface area contributed by atoms with Gasteiger partial charge in [0.1, 0.15) is 5.69 Å². The topological polar surface area (TPSA) is 61.2 Å². The van der Waals surface area contributed by atoms with Crippen LogP contribution in [0, 0.1) is 12.7 Å². The molecule has 0 aliphatic carbocycles.